The molecule has 3 aromatic rings. The number of carbonyl (C=O) groups excluding carboxylic acids is 1. The molecule has 164 valence electrons. The van der Waals surface area contributed by atoms with E-state index in [0.717, 1.165) is 31.1 Å². The van der Waals surface area contributed by atoms with Gasteiger partial charge in [0.2, 0.25) is 0 Å². The van der Waals surface area contributed by atoms with Crippen molar-refractivity contribution in [3.8, 4) is 5.75 Å². The lowest BCUT2D eigenvalue weighted by molar-refractivity contribution is 0.102. The van der Waals surface area contributed by atoms with E-state index in [0.29, 0.717) is 17.4 Å². The van der Waals surface area contributed by atoms with Crippen molar-refractivity contribution in [2.75, 3.05) is 18.5 Å². The summed E-state index contributed by atoms with van der Waals surface area (Å²) < 4.78 is 8.00. The summed E-state index contributed by atoms with van der Waals surface area (Å²) >= 11 is 0. The average Bonchev–Trinajstić information content (AvgIpc) is 3.55. The predicted molar refractivity (Wildman–Crippen MR) is 127 cm³/mol. The van der Waals surface area contributed by atoms with E-state index in [1.165, 1.54) is 35.0 Å². The number of ether oxygens (including phenoxy) is 1. The van der Waals surface area contributed by atoms with E-state index in [1.54, 1.807) is 0 Å². The van der Waals surface area contributed by atoms with E-state index in [1.807, 2.05) is 30.3 Å². The van der Waals surface area contributed by atoms with E-state index in [2.05, 4.69) is 55.2 Å². The van der Waals surface area contributed by atoms with Crippen molar-refractivity contribution < 1.29 is 9.53 Å². The number of fused-ring (bicyclic) bond motifs is 1. The minimum atomic E-state index is -0.111. The second kappa shape index (κ2) is 9.15. The van der Waals surface area contributed by atoms with Crippen molar-refractivity contribution in [2.24, 2.45) is 18.9 Å². The first-order chi connectivity index (χ1) is 14.9. The molecule has 1 aliphatic rings. The van der Waals surface area contributed by atoms with Gasteiger partial charge in [0.1, 0.15) is 5.75 Å². The van der Waals surface area contributed by atoms with Gasteiger partial charge in [0.15, 0.2) is 0 Å². The highest BCUT2D eigenvalue weighted by Crippen LogP contribution is 2.30. The van der Waals surface area contributed by atoms with Crippen molar-refractivity contribution in [2.45, 2.75) is 40.2 Å². The van der Waals surface area contributed by atoms with E-state index in [9.17, 15) is 4.79 Å². The molecule has 1 aliphatic carbocycles. The Hall–Kier alpha value is -2.79. The number of nitrogens with zero attached hydrogens (tertiary/aromatic N) is 1. The first-order valence-corrected chi connectivity index (χ1v) is 11.2. The molecule has 0 unspecified atom stereocenters. The lowest BCUT2D eigenvalue weighted by Gasteiger charge is -2.09. The van der Waals surface area contributed by atoms with Crippen LogP contribution in [-0.4, -0.2) is 23.6 Å². The smallest absolute Gasteiger partial charge is 0.255 e. The molecule has 1 fully saturated rings. The molecular weight excluding hydrogens is 386 g/mol. The molecule has 0 saturated heterocycles. The van der Waals surface area contributed by atoms with Crippen LogP contribution < -0.4 is 15.4 Å². The minimum absolute atomic E-state index is 0.111. The number of aryl methyl sites for hydroxylation is 2. The van der Waals surface area contributed by atoms with Crippen LogP contribution >= 0.6 is 0 Å². The highest BCUT2D eigenvalue weighted by molar-refractivity contribution is 6.05. The Morgan fingerprint density at radius 2 is 1.90 bits per heavy atom. The number of carbonyl (C=O) groups is 1. The second-order valence-electron chi connectivity index (χ2n) is 9.12. The summed E-state index contributed by atoms with van der Waals surface area (Å²) in [5, 5.41) is 7.75. The second-order valence-corrected chi connectivity index (χ2v) is 9.12. The van der Waals surface area contributed by atoms with Crippen molar-refractivity contribution >= 4 is 22.5 Å². The number of rotatable bonds is 9. The van der Waals surface area contributed by atoms with Crippen molar-refractivity contribution in [1.29, 1.82) is 0 Å². The number of hydrogen-bond donors (Lipinski definition) is 2. The quantitative estimate of drug-likeness (QED) is 0.497. The van der Waals surface area contributed by atoms with Gasteiger partial charge in [0.25, 0.3) is 5.91 Å². The zero-order valence-electron chi connectivity index (χ0n) is 19.0. The normalized spacial score (nSPS) is 13.7. The molecule has 1 saturated carbocycles. The number of nitrogens with one attached hydrogen (secondary N) is 2. The van der Waals surface area contributed by atoms with Gasteiger partial charge in [-0.25, -0.2) is 0 Å². The predicted octanol–water partition coefficient (Wildman–Crippen LogP) is 5.27. The molecule has 31 heavy (non-hydrogen) atoms. The monoisotopic (exact) mass is 419 g/mol. The van der Waals surface area contributed by atoms with Gasteiger partial charge < -0.3 is 19.9 Å². The highest BCUT2D eigenvalue weighted by atomic mass is 16.5. The van der Waals surface area contributed by atoms with E-state index >= 15 is 0 Å². The SMILES string of the molecule is Cc1c(CNCC(C)C)n(C)c2ccc(NC(=O)c3ccc(OCC4CC4)cc3)cc12. The Bertz CT molecular complexity index is 1060. The maximum absolute atomic E-state index is 12.7. The average molecular weight is 420 g/mol. The number of amides is 1. The summed E-state index contributed by atoms with van der Waals surface area (Å²) in [5.74, 6) is 2.05. The Balaban J connectivity index is 1.45. The Labute approximate surface area is 184 Å². The number of hydrogen-bond acceptors (Lipinski definition) is 3. The van der Waals surface area contributed by atoms with Crippen LogP contribution in [-0.2, 0) is 13.6 Å². The van der Waals surface area contributed by atoms with Gasteiger partial charge in [-0.1, -0.05) is 13.8 Å². The number of aromatic nitrogens is 1. The molecular formula is C26H33N3O2. The van der Waals surface area contributed by atoms with E-state index in [4.69, 9.17) is 4.74 Å². The molecule has 0 radical (unpaired) electrons. The first-order valence-electron chi connectivity index (χ1n) is 11.2. The van der Waals surface area contributed by atoms with Gasteiger partial charge in [0, 0.05) is 41.4 Å². The fraction of sp³-hybridized carbons (Fsp3) is 0.423. The Morgan fingerprint density at radius 1 is 1.16 bits per heavy atom. The van der Waals surface area contributed by atoms with E-state index < -0.39 is 0 Å². The lowest BCUT2D eigenvalue weighted by atomic mass is 10.1. The van der Waals surface area contributed by atoms with Crippen LogP contribution in [0.3, 0.4) is 0 Å². The standard InChI is InChI=1S/C26H33N3O2/c1-17(2)14-27-15-25-18(3)23-13-21(9-12-24(23)29(25)4)28-26(30)20-7-10-22(11-8-20)31-16-19-5-6-19/h7-13,17,19,27H,5-6,14-16H2,1-4H3,(H,28,30). The third-order valence-electron chi connectivity index (χ3n) is 6.00. The fourth-order valence-corrected chi connectivity index (χ4v) is 3.89. The summed E-state index contributed by atoms with van der Waals surface area (Å²) in [6.07, 6.45) is 2.53. The third kappa shape index (κ3) is 5.10. The summed E-state index contributed by atoms with van der Waals surface area (Å²) in [4.78, 5) is 12.7. The summed E-state index contributed by atoms with van der Waals surface area (Å²) in [6.45, 7) is 9.19. The molecule has 4 rings (SSSR count). The Morgan fingerprint density at radius 3 is 2.58 bits per heavy atom. The largest absolute Gasteiger partial charge is 0.493 e. The highest BCUT2D eigenvalue weighted by Gasteiger charge is 2.22. The van der Waals surface area contributed by atoms with Gasteiger partial charge in [-0.3, -0.25) is 4.79 Å². The van der Waals surface area contributed by atoms with Gasteiger partial charge >= 0.3 is 0 Å². The van der Waals surface area contributed by atoms with Crippen molar-refractivity contribution in [3.63, 3.8) is 0 Å². The lowest BCUT2D eigenvalue weighted by Crippen LogP contribution is -2.20. The number of benzene rings is 2. The molecule has 5 heteroatoms. The maximum atomic E-state index is 12.7. The van der Waals surface area contributed by atoms with Gasteiger partial charge in [0.05, 0.1) is 6.61 Å². The third-order valence-corrected chi connectivity index (χ3v) is 6.00. The van der Waals surface area contributed by atoms with Gasteiger partial charge in [-0.15, -0.1) is 0 Å². The van der Waals surface area contributed by atoms with Crippen LogP contribution in [0.25, 0.3) is 10.9 Å². The van der Waals surface area contributed by atoms with Gasteiger partial charge in [-0.2, -0.15) is 0 Å². The van der Waals surface area contributed by atoms with Crippen LogP contribution in [0.15, 0.2) is 42.5 Å². The van der Waals surface area contributed by atoms with Crippen LogP contribution in [0.4, 0.5) is 5.69 Å². The van der Waals surface area contributed by atoms with Crippen molar-refractivity contribution in [1.82, 2.24) is 9.88 Å². The molecule has 0 bridgehead atoms. The summed E-state index contributed by atoms with van der Waals surface area (Å²) in [5.41, 5.74) is 5.14. The van der Waals surface area contributed by atoms with Crippen LogP contribution in [0.1, 0.15) is 48.3 Å². The van der Waals surface area contributed by atoms with Gasteiger partial charge in [-0.05, 0) is 86.2 Å². The maximum Gasteiger partial charge on any atom is 0.255 e. The van der Waals surface area contributed by atoms with Crippen LogP contribution in [0, 0.1) is 18.8 Å². The summed E-state index contributed by atoms with van der Waals surface area (Å²) in [7, 11) is 2.10. The topological polar surface area (TPSA) is 55.3 Å². The molecule has 1 heterocycles. The first kappa shape index (κ1) is 21.4. The molecule has 2 aromatic carbocycles. The number of anilines is 1. The molecule has 0 aliphatic heterocycles. The molecule has 0 atom stereocenters. The Kier molecular flexibility index (Phi) is 6.33. The molecule has 5 nitrogen and oxygen atoms in total. The van der Waals surface area contributed by atoms with Crippen molar-refractivity contribution in [3.05, 3.63) is 59.3 Å². The molecule has 2 N–H and O–H groups in total. The molecule has 0 spiro atoms. The fourth-order valence-electron chi connectivity index (χ4n) is 3.89. The molecule has 1 aromatic heterocycles. The minimum Gasteiger partial charge on any atom is -0.493 e. The zero-order valence-corrected chi connectivity index (χ0v) is 19.0. The summed E-state index contributed by atoms with van der Waals surface area (Å²) in [6, 6.07) is 13.5. The van der Waals surface area contributed by atoms with Crippen LogP contribution in [0.2, 0.25) is 0 Å². The molecule has 1 amide bonds. The van der Waals surface area contributed by atoms with Crippen LogP contribution in [0.5, 0.6) is 5.75 Å². The van der Waals surface area contributed by atoms with E-state index in [-0.39, 0.29) is 5.91 Å². The zero-order chi connectivity index (χ0) is 22.0.